The van der Waals surface area contributed by atoms with Gasteiger partial charge in [0.15, 0.2) is 0 Å². The van der Waals surface area contributed by atoms with Crippen molar-refractivity contribution in [3.63, 3.8) is 0 Å². The molecule has 5 nitrogen and oxygen atoms in total. The number of ether oxygens (including phenoxy) is 1. The number of aromatic nitrogens is 1. The molecule has 25 heavy (non-hydrogen) atoms. The molecule has 0 fully saturated rings. The molecule has 1 heterocycles. The highest BCUT2D eigenvalue weighted by Crippen LogP contribution is 2.25. The monoisotopic (exact) mass is 358 g/mol. The first-order valence-electron chi connectivity index (χ1n) is 8.14. The van der Waals surface area contributed by atoms with Gasteiger partial charge in [-0.05, 0) is 44.0 Å². The molecule has 0 saturated heterocycles. The number of anilines is 1. The number of rotatable bonds is 7. The largest absolute Gasteiger partial charge is 0.465 e. The van der Waals surface area contributed by atoms with Crippen LogP contribution in [0.3, 0.4) is 0 Å². The second-order valence-electron chi connectivity index (χ2n) is 5.59. The van der Waals surface area contributed by atoms with Crippen LogP contribution in [0.4, 0.5) is 5.69 Å². The minimum Gasteiger partial charge on any atom is -0.465 e. The van der Waals surface area contributed by atoms with Crippen molar-refractivity contribution in [2.45, 2.75) is 32.2 Å². The van der Waals surface area contributed by atoms with Gasteiger partial charge in [-0.2, -0.15) is 0 Å². The Morgan fingerprint density at radius 1 is 1.20 bits per heavy atom. The Kier molecular flexibility index (Phi) is 7.01. The van der Waals surface area contributed by atoms with Gasteiger partial charge in [-0.15, -0.1) is 0 Å². The zero-order valence-corrected chi connectivity index (χ0v) is 15.5. The molecule has 1 N–H and O–H groups in total. The van der Waals surface area contributed by atoms with Crippen molar-refractivity contribution in [1.29, 1.82) is 0 Å². The molecule has 0 radical (unpaired) electrons. The molecule has 1 aromatic heterocycles. The maximum absolute atomic E-state index is 12.7. The second-order valence-corrected chi connectivity index (χ2v) is 6.55. The molecule has 2 aromatic rings. The Bertz CT molecular complexity index is 748. The van der Waals surface area contributed by atoms with Crippen LogP contribution < -0.4 is 5.32 Å². The van der Waals surface area contributed by atoms with Gasteiger partial charge in [-0.3, -0.25) is 9.59 Å². The van der Waals surface area contributed by atoms with Crippen LogP contribution in [0.1, 0.15) is 35.0 Å². The molecule has 1 amide bonds. The summed E-state index contributed by atoms with van der Waals surface area (Å²) in [6.45, 7) is 6.08. The van der Waals surface area contributed by atoms with E-state index in [4.69, 9.17) is 4.74 Å². The van der Waals surface area contributed by atoms with E-state index in [1.165, 1.54) is 11.8 Å². The molecule has 0 bridgehead atoms. The van der Waals surface area contributed by atoms with Gasteiger partial charge in [0.1, 0.15) is 5.03 Å². The van der Waals surface area contributed by atoms with Crippen molar-refractivity contribution >= 4 is 29.3 Å². The van der Waals surface area contributed by atoms with Gasteiger partial charge in [-0.1, -0.05) is 36.9 Å². The first kappa shape index (κ1) is 19.0. The Balaban J connectivity index is 2.18. The van der Waals surface area contributed by atoms with Crippen LogP contribution in [0.15, 0.2) is 41.4 Å². The number of esters is 1. The fourth-order valence-corrected chi connectivity index (χ4v) is 3.23. The maximum atomic E-state index is 12.7. The number of hydrogen-bond donors (Lipinski definition) is 1. The molecular weight excluding hydrogens is 336 g/mol. The number of nitrogens with zero attached hydrogens (tertiary/aromatic N) is 1. The third-order valence-electron chi connectivity index (χ3n) is 3.36. The molecule has 0 aliphatic carbocycles. The molecule has 132 valence electrons. The number of amides is 1. The smallest absolute Gasteiger partial charge is 0.316 e. The van der Waals surface area contributed by atoms with Crippen LogP contribution in [0.2, 0.25) is 0 Å². The van der Waals surface area contributed by atoms with Gasteiger partial charge >= 0.3 is 5.97 Å². The Morgan fingerprint density at radius 3 is 2.60 bits per heavy atom. The van der Waals surface area contributed by atoms with E-state index in [1.54, 1.807) is 0 Å². The van der Waals surface area contributed by atoms with Gasteiger partial charge in [0.25, 0.3) is 5.91 Å². The minimum absolute atomic E-state index is 0.126. The quantitative estimate of drug-likeness (QED) is 0.598. The Labute approximate surface area is 152 Å². The number of nitrogens with one attached hydrogen (secondary N) is 1. The molecule has 0 aliphatic rings. The fraction of sp³-hybridized carbons (Fsp3) is 0.316. The highest BCUT2D eigenvalue weighted by Gasteiger charge is 2.18. The first-order chi connectivity index (χ1) is 12.0. The van der Waals surface area contributed by atoms with Crippen LogP contribution in [-0.4, -0.2) is 29.2 Å². The average molecular weight is 358 g/mol. The summed E-state index contributed by atoms with van der Waals surface area (Å²) in [7, 11) is 0. The molecule has 0 atom stereocenters. The van der Waals surface area contributed by atoms with E-state index < -0.39 is 0 Å². The van der Waals surface area contributed by atoms with E-state index in [0.717, 1.165) is 17.7 Å². The SMILES string of the molecule is CCCOC(=O)CSc1nc(C)cc(C)c1C(=O)Nc1ccccc1. The summed E-state index contributed by atoms with van der Waals surface area (Å²) in [5, 5.41) is 3.41. The summed E-state index contributed by atoms with van der Waals surface area (Å²) < 4.78 is 5.08. The van der Waals surface area contributed by atoms with Gasteiger partial charge in [0, 0.05) is 11.4 Å². The fourth-order valence-electron chi connectivity index (χ4n) is 2.28. The van der Waals surface area contributed by atoms with E-state index in [1.807, 2.05) is 57.2 Å². The van der Waals surface area contributed by atoms with Crippen LogP contribution in [0.25, 0.3) is 0 Å². The number of hydrogen-bond acceptors (Lipinski definition) is 5. The average Bonchev–Trinajstić information content (AvgIpc) is 2.58. The van der Waals surface area contributed by atoms with Crippen molar-refractivity contribution in [3.8, 4) is 0 Å². The summed E-state index contributed by atoms with van der Waals surface area (Å²) in [6, 6.07) is 11.1. The van der Waals surface area contributed by atoms with Gasteiger partial charge in [0.05, 0.1) is 17.9 Å². The number of pyridine rings is 1. The van der Waals surface area contributed by atoms with Crippen LogP contribution in [0, 0.1) is 13.8 Å². The molecule has 0 aliphatic heterocycles. The maximum Gasteiger partial charge on any atom is 0.316 e. The summed E-state index contributed by atoms with van der Waals surface area (Å²) in [4.78, 5) is 28.9. The molecule has 6 heteroatoms. The van der Waals surface area contributed by atoms with Crippen LogP contribution in [0.5, 0.6) is 0 Å². The zero-order valence-electron chi connectivity index (χ0n) is 14.7. The van der Waals surface area contributed by atoms with Gasteiger partial charge in [-0.25, -0.2) is 4.98 Å². The first-order valence-corrected chi connectivity index (χ1v) is 9.13. The highest BCUT2D eigenvalue weighted by atomic mass is 32.2. The Hall–Kier alpha value is -2.34. The Morgan fingerprint density at radius 2 is 1.92 bits per heavy atom. The predicted molar refractivity (Wildman–Crippen MR) is 100 cm³/mol. The van der Waals surface area contributed by atoms with E-state index in [0.29, 0.717) is 22.9 Å². The third kappa shape index (κ3) is 5.60. The number of carbonyl (C=O) groups excluding carboxylic acids is 2. The van der Waals surface area contributed by atoms with Gasteiger partial charge in [0.2, 0.25) is 0 Å². The number of benzene rings is 1. The summed E-state index contributed by atoms with van der Waals surface area (Å²) in [5.41, 5.74) is 2.83. The molecule has 2 rings (SSSR count). The van der Waals surface area contributed by atoms with Crippen molar-refractivity contribution in [2.24, 2.45) is 0 Å². The van der Waals surface area contributed by atoms with E-state index in [-0.39, 0.29) is 17.6 Å². The number of thioether (sulfide) groups is 1. The molecular formula is C19H22N2O3S. The van der Waals surface area contributed by atoms with E-state index in [2.05, 4.69) is 10.3 Å². The third-order valence-corrected chi connectivity index (χ3v) is 4.31. The lowest BCUT2D eigenvalue weighted by molar-refractivity contribution is -0.140. The van der Waals surface area contributed by atoms with Crippen LogP contribution in [-0.2, 0) is 9.53 Å². The van der Waals surface area contributed by atoms with Gasteiger partial charge < -0.3 is 10.1 Å². The van der Waals surface area contributed by atoms with Crippen molar-refractivity contribution in [3.05, 3.63) is 53.2 Å². The van der Waals surface area contributed by atoms with Crippen LogP contribution >= 0.6 is 11.8 Å². The molecule has 0 spiro atoms. The van der Waals surface area contributed by atoms with E-state index in [9.17, 15) is 9.59 Å². The topological polar surface area (TPSA) is 68.3 Å². The lowest BCUT2D eigenvalue weighted by Gasteiger charge is -2.13. The van der Waals surface area contributed by atoms with Crippen molar-refractivity contribution in [2.75, 3.05) is 17.7 Å². The number of aryl methyl sites for hydroxylation is 2. The summed E-state index contributed by atoms with van der Waals surface area (Å²) >= 11 is 1.23. The highest BCUT2D eigenvalue weighted by molar-refractivity contribution is 8.00. The lowest BCUT2D eigenvalue weighted by Crippen LogP contribution is -2.16. The second kappa shape index (κ2) is 9.22. The summed E-state index contributed by atoms with van der Waals surface area (Å²) in [6.07, 6.45) is 0.781. The van der Waals surface area contributed by atoms with E-state index >= 15 is 0 Å². The predicted octanol–water partition coefficient (Wildman–Crippen LogP) is 4.00. The zero-order chi connectivity index (χ0) is 18.2. The molecule has 1 aromatic carbocycles. The van der Waals surface area contributed by atoms with Crippen molar-refractivity contribution < 1.29 is 14.3 Å². The standard InChI is InChI=1S/C19H22N2O3S/c1-4-10-24-16(22)12-25-19-17(13(2)11-14(3)20-19)18(23)21-15-8-6-5-7-9-15/h5-9,11H,4,10,12H2,1-3H3,(H,21,23). The molecule has 0 unspecified atom stereocenters. The lowest BCUT2D eigenvalue weighted by atomic mass is 10.1. The number of carbonyl (C=O) groups is 2. The normalized spacial score (nSPS) is 10.4. The van der Waals surface area contributed by atoms with Crippen molar-refractivity contribution in [1.82, 2.24) is 4.98 Å². The number of para-hydroxylation sites is 1. The minimum atomic E-state index is -0.303. The molecule has 0 saturated carbocycles. The summed E-state index contributed by atoms with van der Waals surface area (Å²) in [5.74, 6) is -0.413.